The fourth-order valence-electron chi connectivity index (χ4n) is 1.31. The molecule has 1 aromatic carbocycles. The van der Waals surface area contributed by atoms with Gasteiger partial charge in [0.25, 0.3) is 0 Å². The molecule has 4 nitrogen and oxygen atoms in total. The van der Waals surface area contributed by atoms with Gasteiger partial charge in [-0.25, -0.2) is 0 Å². The minimum Gasteiger partial charge on any atom is -0.461 e. The number of rotatable bonds is 3. The predicted octanol–water partition coefficient (Wildman–Crippen LogP) is 1.73. The van der Waals surface area contributed by atoms with Crippen LogP contribution in [-0.2, 0) is 20.9 Å². The van der Waals surface area contributed by atoms with Crippen molar-refractivity contribution in [3.63, 3.8) is 0 Å². The first-order valence-electron chi connectivity index (χ1n) is 4.98. The maximum Gasteiger partial charge on any atom is 0.302 e. The highest BCUT2D eigenvalue weighted by atomic mass is 16.5. The van der Waals surface area contributed by atoms with Crippen molar-refractivity contribution in [2.75, 3.05) is 11.9 Å². The van der Waals surface area contributed by atoms with Crippen LogP contribution in [0.5, 0.6) is 0 Å². The summed E-state index contributed by atoms with van der Waals surface area (Å²) in [7, 11) is 1.69. The molecule has 0 aliphatic carbocycles. The van der Waals surface area contributed by atoms with Crippen LogP contribution in [0, 0.1) is 0 Å². The van der Waals surface area contributed by atoms with Crippen LogP contribution >= 0.6 is 0 Å². The number of hydrogen-bond acceptors (Lipinski definition) is 3. The van der Waals surface area contributed by atoms with E-state index >= 15 is 0 Å². The molecular weight excluding hydrogens is 206 g/mol. The molecule has 0 saturated heterocycles. The average Bonchev–Trinajstić information content (AvgIpc) is 2.25. The van der Waals surface area contributed by atoms with Crippen molar-refractivity contribution in [2.45, 2.75) is 20.5 Å². The standard InChI is InChI=1S/C12H15NO3/c1-9(14)13(3)12-7-5-4-6-11(12)8-16-10(2)15/h4-7H,8H2,1-3H3. The largest absolute Gasteiger partial charge is 0.461 e. The Kier molecular flexibility index (Phi) is 4.05. The molecule has 1 amide bonds. The lowest BCUT2D eigenvalue weighted by Gasteiger charge is -2.18. The van der Waals surface area contributed by atoms with Crippen molar-refractivity contribution < 1.29 is 14.3 Å². The molecule has 86 valence electrons. The molecular formula is C12H15NO3. The van der Waals surface area contributed by atoms with Crippen molar-refractivity contribution in [3.05, 3.63) is 29.8 Å². The Morgan fingerprint density at radius 3 is 2.44 bits per heavy atom. The van der Waals surface area contributed by atoms with Gasteiger partial charge in [-0.3, -0.25) is 9.59 Å². The summed E-state index contributed by atoms with van der Waals surface area (Å²) in [5.74, 6) is -0.393. The van der Waals surface area contributed by atoms with E-state index in [9.17, 15) is 9.59 Å². The third kappa shape index (κ3) is 3.08. The van der Waals surface area contributed by atoms with Gasteiger partial charge in [-0.15, -0.1) is 0 Å². The van der Waals surface area contributed by atoms with Gasteiger partial charge in [-0.2, -0.15) is 0 Å². The number of nitrogens with zero attached hydrogens (tertiary/aromatic N) is 1. The quantitative estimate of drug-likeness (QED) is 0.730. The van der Waals surface area contributed by atoms with E-state index in [1.54, 1.807) is 7.05 Å². The predicted molar refractivity (Wildman–Crippen MR) is 61.0 cm³/mol. The molecule has 0 aromatic heterocycles. The van der Waals surface area contributed by atoms with Gasteiger partial charge in [0.2, 0.25) is 5.91 Å². The third-order valence-corrected chi connectivity index (χ3v) is 2.26. The second kappa shape index (κ2) is 5.30. The summed E-state index contributed by atoms with van der Waals surface area (Å²) in [6.45, 7) is 3.03. The molecule has 0 heterocycles. The molecule has 1 rings (SSSR count). The number of ether oxygens (including phenoxy) is 1. The van der Waals surface area contributed by atoms with Crippen LogP contribution in [0.1, 0.15) is 19.4 Å². The van der Waals surface area contributed by atoms with Gasteiger partial charge >= 0.3 is 5.97 Å². The van der Waals surface area contributed by atoms with Crippen LogP contribution in [0.15, 0.2) is 24.3 Å². The zero-order valence-corrected chi connectivity index (χ0v) is 9.69. The Bertz CT molecular complexity index is 401. The van der Waals surface area contributed by atoms with Crippen molar-refractivity contribution in [1.82, 2.24) is 0 Å². The van der Waals surface area contributed by atoms with Gasteiger partial charge in [0.1, 0.15) is 6.61 Å². The van der Waals surface area contributed by atoms with Gasteiger partial charge in [0, 0.05) is 32.1 Å². The summed E-state index contributed by atoms with van der Waals surface area (Å²) in [5.41, 5.74) is 1.58. The number of amides is 1. The number of benzene rings is 1. The highest BCUT2D eigenvalue weighted by molar-refractivity contribution is 5.91. The molecule has 0 atom stereocenters. The van der Waals surface area contributed by atoms with Crippen molar-refractivity contribution in [3.8, 4) is 0 Å². The smallest absolute Gasteiger partial charge is 0.302 e. The molecule has 16 heavy (non-hydrogen) atoms. The molecule has 0 radical (unpaired) electrons. The second-order valence-corrected chi connectivity index (χ2v) is 3.49. The Morgan fingerprint density at radius 2 is 1.88 bits per heavy atom. The number of carbonyl (C=O) groups is 2. The van der Waals surface area contributed by atoms with E-state index in [4.69, 9.17) is 4.74 Å². The normalized spacial score (nSPS) is 9.69. The number of hydrogen-bond donors (Lipinski definition) is 0. The van der Waals surface area contributed by atoms with Gasteiger partial charge in [0.05, 0.1) is 0 Å². The first-order chi connectivity index (χ1) is 7.52. The van der Waals surface area contributed by atoms with Crippen LogP contribution < -0.4 is 4.90 Å². The summed E-state index contributed by atoms with van der Waals surface area (Å²) in [5, 5.41) is 0. The van der Waals surface area contributed by atoms with Crippen molar-refractivity contribution >= 4 is 17.6 Å². The molecule has 0 aliphatic rings. The fourth-order valence-corrected chi connectivity index (χ4v) is 1.31. The summed E-state index contributed by atoms with van der Waals surface area (Å²) in [6, 6.07) is 7.33. The summed E-state index contributed by atoms with van der Waals surface area (Å²) < 4.78 is 4.92. The topological polar surface area (TPSA) is 46.6 Å². The molecule has 0 bridgehead atoms. The summed E-state index contributed by atoms with van der Waals surface area (Å²) in [4.78, 5) is 23.5. The lowest BCUT2D eigenvalue weighted by molar-refractivity contribution is -0.142. The van der Waals surface area contributed by atoms with E-state index in [1.807, 2.05) is 24.3 Å². The molecule has 0 spiro atoms. The van der Waals surface area contributed by atoms with Crippen LogP contribution in [0.25, 0.3) is 0 Å². The van der Waals surface area contributed by atoms with E-state index in [1.165, 1.54) is 18.7 Å². The Morgan fingerprint density at radius 1 is 1.25 bits per heavy atom. The number of anilines is 1. The van der Waals surface area contributed by atoms with Gasteiger partial charge in [0.15, 0.2) is 0 Å². The summed E-state index contributed by atoms with van der Waals surface area (Å²) >= 11 is 0. The average molecular weight is 221 g/mol. The molecule has 0 aliphatic heterocycles. The number of para-hydroxylation sites is 1. The van der Waals surface area contributed by atoms with Gasteiger partial charge in [-0.05, 0) is 6.07 Å². The van der Waals surface area contributed by atoms with E-state index in [0.29, 0.717) is 0 Å². The zero-order valence-electron chi connectivity index (χ0n) is 9.69. The van der Waals surface area contributed by atoms with E-state index < -0.39 is 0 Å². The lowest BCUT2D eigenvalue weighted by atomic mass is 10.1. The molecule has 4 heteroatoms. The monoisotopic (exact) mass is 221 g/mol. The molecule has 0 N–H and O–H groups in total. The van der Waals surface area contributed by atoms with Gasteiger partial charge in [-0.1, -0.05) is 18.2 Å². The Hall–Kier alpha value is -1.84. The molecule has 0 saturated carbocycles. The zero-order chi connectivity index (χ0) is 12.1. The maximum atomic E-state index is 11.3. The van der Waals surface area contributed by atoms with Crippen molar-refractivity contribution in [1.29, 1.82) is 0 Å². The van der Waals surface area contributed by atoms with Crippen LogP contribution in [-0.4, -0.2) is 18.9 Å². The molecule has 1 aromatic rings. The first kappa shape index (κ1) is 12.2. The highest BCUT2D eigenvalue weighted by Crippen LogP contribution is 2.20. The SMILES string of the molecule is CC(=O)OCc1ccccc1N(C)C(C)=O. The van der Waals surface area contributed by atoms with E-state index in [-0.39, 0.29) is 18.5 Å². The van der Waals surface area contributed by atoms with Gasteiger partial charge < -0.3 is 9.64 Å². The highest BCUT2D eigenvalue weighted by Gasteiger charge is 2.10. The van der Waals surface area contributed by atoms with Crippen LogP contribution in [0.3, 0.4) is 0 Å². The van der Waals surface area contributed by atoms with E-state index in [2.05, 4.69) is 0 Å². The minimum atomic E-state index is -0.333. The fraction of sp³-hybridized carbons (Fsp3) is 0.333. The number of carbonyl (C=O) groups excluding carboxylic acids is 2. The van der Waals surface area contributed by atoms with Crippen LogP contribution in [0.4, 0.5) is 5.69 Å². The third-order valence-electron chi connectivity index (χ3n) is 2.26. The van der Waals surface area contributed by atoms with Crippen LogP contribution in [0.2, 0.25) is 0 Å². The molecule has 0 fully saturated rings. The van der Waals surface area contributed by atoms with Crippen molar-refractivity contribution in [2.24, 2.45) is 0 Å². The van der Waals surface area contributed by atoms with E-state index in [0.717, 1.165) is 11.3 Å². The summed E-state index contributed by atoms with van der Waals surface area (Å²) in [6.07, 6.45) is 0. The Balaban J connectivity index is 2.91. The second-order valence-electron chi connectivity index (χ2n) is 3.49. The minimum absolute atomic E-state index is 0.0599. The Labute approximate surface area is 94.8 Å². The maximum absolute atomic E-state index is 11.3. The lowest BCUT2D eigenvalue weighted by Crippen LogP contribution is -2.24. The number of esters is 1. The first-order valence-corrected chi connectivity index (χ1v) is 4.98. The molecule has 0 unspecified atom stereocenters.